The minimum absolute atomic E-state index is 0.00634. The van der Waals surface area contributed by atoms with Crippen molar-refractivity contribution in [2.45, 2.75) is 131 Å². The van der Waals surface area contributed by atoms with Crippen molar-refractivity contribution in [1.29, 1.82) is 0 Å². The molecule has 4 amide bonds. The Morgan fingerprint density at radius 2 is 1.45 bits per heavy atom. The summed E-state index contributed by atoms with van der Waals surface area (Å²) in [4.78, 5) is 64.1. The van der Waals surface area contributed by atoms with Crippen LogP contribution >= 0.6 is 0 Å². The lowest BCUT2D eigenvalue weighted by molar-refractivity contribution is -0.142. The number of carbonyl (C=O) groups is 4. The average Bonchev–Trinajstić information content (AvgIpc) is 3.63. The summed E-state index contributed by atoms with van der Waals surface area (Å²) >= 11 is 0. The molecule has 2 fully saturated rings. The number of hydrogen-bond donors (Lipinski definition) is 1. The SMILES string of the molecule is CC(=C[C@H](C(C)C)N(C)C(=O)[C@@H](NC(=O)[C@H]1CCCCN1C(C)C)C(C)(C)C)C(=O)N1CCC[C@H]1C(=O)N(CCc1ccccc1)Cc1ccccc1. The van der Waals surface area contributed by atoms with Crippen LogP contribution in [0.4, 0.5) is 0 Å². The maximum atomic E-state index is 14.3. The van der Waals surface area contributed by atoms with Gasteiger partial charge in [0.2, 0.25) is 23.6 Å². The van der Waals surface area contributed by atoms with E-state index in [0.29, 0.717) is 31.6 Å². The van der Waals surface area contributed by atoms with Crippen molar-refractivity contribution in [3.05, 3.63) is 83.4 Å². The van der Waals surface area contributed by atoms with E-state index in [1.54, 1.807) is 23.8 Å². The summed E-state index contributed by atoms with van der Waals surface area (Å²) in [5, 5.41) is 3.16. The van der Waals surface area contributed by atoms with Gasteiger partial charge in [-0.3, -0.25) is 24.1 Å². The zero-order valence-corrected chi connectivity index (χ0v) is 33.8. The van der Waals surface area contributed by atoms with Gasteiger partial charge >= 0.3 is 0 Å². The van der Waals surface area contributed by atoms with E-state index in [1.165, 1.54) is 0 Å². The molecule has 0 aliphatic carbocycles. The number of hydrogen-bond acceptors (Lipinski definition) is 5. The van der Waals surface area contributed by atoms with E-state index < -0.39 is 23.5 Å². The summed E-state index contributed by atoms with van der Waals surface area (Å²) in [6, 6.07) is 18.5. The van der Waals surface area contributed by atoms with Crippen molar-refractivity contribution in [2.75, 3.05) is 26.7 Å². The second-order valence-electron chi connectivity index (χ2n) is 16.8. The first kappa shape index (κ1) is 41.8. The van der Waals surface area contributed by atoms with Gasteiger partial charge in [-0.15, -0.1) is 0 Å². The van der Waals surface area contributed by atoms with E-state index in [4.69, 9.17) is 0 Å². The van der Waals surface area contributed by atoms with Crippen LogP contribution in [0.2, 0.25) is 0 Å². The highest BCUT2D eigenvalue weighted by molar-refractivity contribution is 5.97. The van der Waals surface area contributed by atoms with Gasteiger partial charge in [-0.25, -0.2) is 0 Å². The van der Waals surface area contributed by atoms with Crippen molar-refractivity contribution in [3.63, 3.8) is 0 Å². The normalized spacial score (nSPS) is 19.6. The molecule has 2 aliphatic heterocycles. The Balaban J connectivity index is 1.52. The Morgan fingerprint density at radius 1 is 0.849 bits per heavy atom. The molecule has 2 saturated heterocycles. The van der Waals surface area contributed by atoms with E-state index in [-0.39, 0.29) is 41.6 Å². The van der Waals surface area contributed by atoms with Crippen LogP contribution in [0.15, 0.2) is 72.3 Å². The van der Waals surface area contributed by atoms with E-state index in [9.17, 15) is 19.2 Å². The van der Waals surface area contributed by atoms with Gasteiger partial charge in [-0.05, 0) is 81.9 Å². The highest BCUT2D eigenvalue weighted by Gasteiger charge is 2.41. The molecule has 2 heterocycles. The van der Waals surface area contributed by atoms with Crippen LogP contribution in [0, 0.1) is 11.3 Å². The second kappa shape index (κ2) is 18.9. The van der Waals surface area contributed by atoms with Gasteiger partial charge in [0.15, 0.2) is 0 Å². The molecule has 9 heteroatoms. The van der Waals surface area contributed by atoms with E-state index in [1.807, 2.05) is 94.1 Å². The van der Waals surface area contributed by atoms with Crippen molar-refractivity contribution in [3.8, 4) is 0 Å². The van der Waals surface area contributed by atoms with Gasteiger partial charge in [0.1, 0.15) is 12.1 Å². The quantitative estimate of drug-likeness (QED) is 0.225. The van der Waals surface area contributed by atoms with Gasteiger partial charge in [-0.1, -0.05) is 108 Å². The molecule has 0 aromatic heterocycles. The van der Waals surface area contributed by atoms with Crippen LogP contribution < -0.4 is 5.32 Å². The van der Waals surface area contributed by atoms with E-state index in [0.717, 1.165) is 49.8 Å². The third-order valence-electron chi connectivity index (χ3n) is 11.0. The Hall–Kier alpha value is -3.98. The number of carbonyl (C=O) groups excluding carboxylic acids is 4. The third-order valence-corrected chi connectivity index (χ3v) is 11.0. The zero-order chi connectivity index (χ0) is 38.9. The summed E-state index contributed by atoms with van der Waals surface area (Å²) < 4.78 is 0. The maximum absolute atomic E-state index is 14.3. The first-order chi connectivity index (χ1) is 25.1. The summed E-state index contributed by atoms with van der Waals surface area (Å²) in [5.74, 6) is -0.501. The molecule has 290 valence electrons. The molecule has 0 unspecified atom stereocenters. The number of nitrogens with zero attached hydrogens (tertiary/aromatic N) is 4. The fraction of sp³-hybridized carbons (Fsp3) is 0.591. The highest BCUT2D eigenvalue weighted by Crippen LogP contribution is 2.27. The second-order valence-corrected chi connectivity index (χ2v) is 16.8. The average molecular weight is 728 g/mol. The minimum atomic E-state index is -0.742. The van der Waals surface area contributed by atoms with Gasteiger partial charge < -0.3 is 20.0 Å². The number of nitrogens with one attached hydrogen (secondary N) is 1. The lowest BCUT2D eigenvalue weighted by atomic mass is 9.84. The lowest BCUT2D eigenvalue weighted by Crippen LogP contribution is -2.60. The van der Waals surface area contributed by atoms with E-state index in [2.05, 4.69) is 36.2 Å². The molecular weight excluding hydrogens is 663 g/mol. The summed E-state index contributed by atoms with van der Waals surface area (Å²) in [6.07, 6.45) is 6.81. The smallest absolute Gasteiger partial charge is 0.249 e. The van der Waals surface area contributed by atoms with Gasteiger partial charge in [-0.2, -0.15) is 0 Å². The van der Waals surface area contributed by atoms with Crippen LogP contribution in [-0.4, -0.2) is 100 Å². The van der Waals surface area contributed by atoms with Gasteiger partial charge in [0, 0.05) is 38.3 Å². The Kier molecular flexibility index (Phi) is 14.9. The number of likely N-dealkylation sites (tertiary alicyclic amines) is 2. The molecule has 4 rings (SSSR count). The van der Waals surface area contributed by atoms with Crippen LogP contribution in [0.3, 0.4) is 0 Å². The minimum Gasteiger partial charge on any atom is -0.342 e. The van der Waals surface area contributed by atoms with Gasteiger partial charge in [0.05, 0.1) is 12.1 Å². The molecule has 0 spiro atoms. The van der Waals surface area contributed by atoms with Gasteiger partial charge in [0.25, 0.3) is 0 Å². The van der Waals surface area contributed by atoms with Crippen LogP contribution in [0.5, 0.6) is 0 Å². The zero-order valence-electron chi connectivity index (χ0n) is 33.8. The molecule has 2 aliphatic rings. The summed E-state index contributed by atoms with van der Waals surface area (Å²) in [7, 11) is 1.77. The van der Waals surface area contributed by atoms with Crippen molar-refractivity contribution in [2.24, 2.45) is 11.3 Å². The predicted molar refractivity (Wildman–Crippen MR) is 213 cm³/mol. The fourth-order valence-corrected chi connectivity index (χ4v) is 7.85. The molecule has 1 N–H and O–H groups in total. The maximum Gasteiger partial charge on any atom is 0.249 e. The first-order valence-electron chi connectivity index (χ1n) is 19.8. The Morgan fingerprint density at radius 3 is 2.04 bits per heavy atom. The summed E-state index contributed by atoms with van der Waals surface area (Å²) in [6.45, 7) is 18.4. The number of piperidine rings is 1. The van der Waals surface area contributed by atoms with E-state index >= 15 is 0 Å². The van der Waals surface area contributed by atoms with Crippen LogP contribution in [0.25, 0.3) is 0 Å². The number of amides is 4. The fourth-order valence-electron chi connectivity index (χ4n) is 7.85. The largest absolute Gasteiger partial charge is 0.342 e. The molecule has 0 bridgehead atoms. The molecular formula is C44H65N5O4. The Bertz CT molecular complexity index is 1550. The monoisotopic (exact) mass is 728 g/mol. The number of rotatable bonds is 14. The first-order valence-corrected chi connectivity index (χ1v) is 19.8. The molecule has 9 nitrogen and oxygen atoms in total. The topological polar surface area (TPSA) is 93.3 Å². The molecule has 4 atom stereocenters. The molecule has 0 saturated carbocycles. The molecule has 2 aromatic carbocycles. The number of benzene rings is 2. The van der Waals surface area contributed by atoms with Crippen LogP contribution in [0.1, 0.15) is 98.6 Å². The molecule has 53 heavy (non-hydrogen) atoms. The number of likely N-dealkylation sites (N-methyl/N-ethyl adjacent to an activating group) is 1. The Labute approximate surface area is 319 Å². The summed E-state index contributed by atoms with van der Waals surface area (Å²) in [5.41, 5.74) is 2.18. The molecule has 0 radical (unpaired) electrons. The lowest BCUT2D eigenvalue weighted by Gasteiger charge is -2.41. The molecule has 2 aromatic rings. The standard InChI is InChI=1S/C44H65N5O4/c1-31(2)38(46(9)43(53)39(44(6,7)8)45-40(50)36-23-16-17-26-48(36)32(3)4)29-33(5)41(51)49-27-18-24-37(49)42(52)47(30-35-21-14-11-15-22-35)28-25-34-19-12-10-13-20-34/h10-15,19-22,29,31-32,36-39H,16-18,23-28,30H2,1-9H3,(H,45,50)/t36-,37+,38-,39-/m1/s1. The highest BCUT2D eigenvalue weighted by atomic mass is 16.2. The van der Waals surface area contributed by atoms with Crippen molar-refractivity contribution in [1.82, 2.24) is 24.9 Å². The third kappa shape index (κ3) is 11.0. The van der Waals surface area contributed by atoms with Crippen molar-refractivity contribution < 1.29 is 19.2 Å². The van der Waals surface area contributed by atoms with Crippen molar-refractivity contribution >= 4 is 23.6 Å². The predicted octanol–water partition coefficient (Wildman–Crippen LogP) is 6.47. The van der Waals surface area contributed by atoms with Crippen LogP contribution in [-0.2, 0) is 32.1 Å².